The van der Waals surface area contributed by atoms with E-state index in [4.69, 9.17) is 24.2 Å². The number of aliphatic imine (C=N–C) groups is 1. The van der Waals surface area contributed by atoms with Crippen LogP contribution in [-0.4, -0.2) is 52.5 Å². The maximum Gasteiger partial charge on any atom is 0.220 e. The van der Waals surface area contributed by atoms with Crippen LogP contribution in [0.15, 0.2) is 116 Å². The lowest BCUT2D eigenvalue weighted by molar-refractivity contribution is -0.123. The molecule has 2 aliphatic heterocycles. The third-order valence-electron chi connectivity index (χ3n) is 11.2. The predicted octanol–water partition coefficient (Wildman–Crippen LogP) is 12.2. The van der Waals surface area contributed by atoms with Crippen LogP contribution in [0, 0.1) is 0 Å². The van der Waals surface area contributed by atoms with Gasteiger partial charge in [-0.25, -0.2) is 15.0 Å². The van der Waals surface area contributed by atoms with Crippen molar-refractivity contribution < 1.29 is 19.0 Å². The third-order valence-corrected chi connectivity index (χ3v) is 12.6. The predicted molar refractivity (Wildman–Crippen MR) is 248 cm³/mol. The van der Waals surface area contributed by atoms with Gasteiger partial charge in [-0.3, -0.25) is 9.79 Å². The minimum absolute atomic E-state index is 0.113. The number of carbonyl (C=O) groups excluding carboxylic acids is 1. The first kappa shape index (κ1) is 43.5. The number of hydrogen-bond donors (Lipinski definition) is 1. The molecule has 3 aromatic carbocycles. The van der Waals surface area contributed by atoms with Gasteiger partial charge in [-0.15, -0.1) is 0 Å². The lowest BCUT2D eigenvalue weighted by Crippen LogP contribution is -2.32. The van der Waals surface area contributed by atoms with Crippen molar-refractivity contribution in [1.29, 1.82) is 0 Å². The number of fused-ring (bicyclic) bond motifs is 3. The molecule has 3 aromatic heterocycles. The van der Waals surface area contributed by atoms with Crippen LogP contribution in [0.4, 0.5) is 5.69 Å². The molecule has 0 spiro atoms. The number of para-hydroxylation sites is 3. The number of hydrogen-bond acceptors (Lipinski definition) is 8. The van der Waals surface area contributed by atoms with Crippen molar-refractivity contribution in [2.75, 3.05) is 21.3 Å². The fourth-order valence-electron chi connectivity index (χ4n) is 8.38. The van der Waals surface area contributed by atoms with Crippen LogP contribution in [0.1, 0.15) is 98.3 Å². The molecule has 60 heavy (non-hydrogen) atoms. The Bertz CT molecular complexity index is 2460. The second-order valence-corrected chi connectivity index (χ2v) is 17.3. The van der Waals surface area contributed by atoms with E-state index in [1.807, 2.05) is 72.8 Å². The van der Waals surface area contributed by atoms with Crippen molar-refractivity contribution >= 4 is 76.3 Å². The third kappa shape index (κ3) is 10.5. The van der Waals surface area contributed by atoms with E-state index in [0.717, 1.165) is 111 Å². The summed E-state index contributed by atoms with van der Waals surface area (Å²) in [5, 5.41) is 2.99. The largest absolute Gasteiger partial charge is 0.496 e. The van der Waals surface area contributed by atoms with Crippen LogP contribution < -0.4 is 19.5 Å². The molecule has 0 radical (unpaired) electrons. The van der Waals surface area contributed by atoms with E-state index >= 15 is 0 Å². The average Bonchev–Trinajstić information content (AvgIpc) is 3.66. The summed E-state index contributed by atoms with van der Waals surface area (Å²) < 4.78 is 21.1. The Hall–Kier alpha value is -4.59. The summed E-state index contributed by atoms with van der Waals surface area (Å²) in [4.78, 5) is 29.9. The van der Waals surface area contributed by atoms with Gasteiger partial charge in [0.2, 0.25) is 5.91 Å². The van der Waals surface area contributed by atoms with Crippen LogP contribution in [0.5, 0.6) is 17.2 Å². The van der Waals surface area contributed by atoms with Crippen molar-refractivity contribution in [3.63, 3.8) is 0 Å². The molecule has 5 heterocycles. The molecule has 312 valence electrons. The van der Waals surface area contributed by atoms with Gasteiger partial charge in [-0.1, -0.05) is 54.6 Å². The zero-order valence-corrected chi connectivity index (χ0v) is 38.8. The van der Waals surface area contributed by atoms with E-state index < -0.39 is 0 Å². The fourth-order valence-corrected chi connectivity index (χ4v) is 9.64. The van der Waals surface area contributed by atoms with Crippen molar-refractivity contribution in [3.05, 3.63) is 133 Å². The summed E-state index contributed by atoms with van der Waals surface area (Å²) in [6, 6.07) is 32.6. The number of piperidine rings is 1. The molecule has 9 rings (SSSR count). The number of aromatic nitrogens is 4. The summed E-state index contributed by atoms with van der Waals surface area (Å²) in [7, 11) is 5.12. The molecule has 3 atom stereocenters. The quantitative estimate of drug-likeness (QED) is 0.159. The number of imidazole rings is 1. The number of ether oxygens (including phenoxy) is 3. The summed E-state index contributed by atoms with van der Waals surface area (Å²) >= 11 is 10.3. The van der Waals surface area contributed by atoms with E-state index in [2.05, 4.69) is 91.9 Å². The highest BCUT2D eigenvalue weighted by molar-refractivity contribution is 9.11. The monoisotopic (exact) mass is 998 g/mol. The summed E-state index contributed by atoms with van der Waals surface area (Å²) in [6.07, 6.45) is 10.2. The van der Waals surface area contributed by atoms with E-state index in [1.165, 1.54) is 23.3 Å². The van der Waals surface area contributed by atoms with E-state index in [0.29, 0.717) is 12.3 Å². The van der Waals surface area contributed by atoms with Gasteiger partial charge < -0.3 is 24.1 Å². The van der Waals surface area contributed by atoms with Gasteiger partial charge >= 0.3 is 0 Å². The molecule has 13 heteroatoms. The minimum atomic E-state index is 0.113. The smallest absolute Gasteiger partial charge is 0.220 e. The highest BCUT2D eigenvalue weighted by Gasteiger charge is 2.28. The lowest BCUT2D eigenvalue weighted by Gasteiger charge is -2.27. The second-order valence-electron chi connectivity index (χ2n) is 14.9. The first-order chi connectivity index (χ1) is 29.3. The van der Waals surface area contributed by atoms with Crippen molar-refractivity contribution in [2.24, 2.45) is 4.99 Å². The van der Waals surface area contributed by atoms with Gasteiger partial charge in [0.15, 0.2) is 5.65 Å². The Morgan fingerprint density at radius 1 is 0.650 bits per heavy atom. The van der Waals surface area contributed by atoms with Crippen LogP contribution >= 0.6 is 47.8 Å². The molecule has 1 saturated heterocycles. The number of nitrogens with one attached hydrogen (secondary N) is 1. The van der Waals surface area contributed by atoms with Gasteiger partial charge in [-0.05, 0) is 153 Å². The minimum Gasteiger partial charge on any atom is -0.496 e. The maximum absolute atomic E-state index is 11.3. The van der Waals surface area contributed by atoms with Crippen LogP contribution in [0.25, 0.3) is 11.2 Å². The van der Waals surface area contributed by atoms with Crippen LogP contribution in [0.3, 0.4) is 0 Å². The number of nitrogens with zero attached hydrogens (tertiary/aromatic N) is 5. The molecule has 1 amide bonds. The normalized spacial score (nSPS) is 19.2. The maximum atomic E-state index is 11.3. The zero-order chi connectivity index (χ0) is 42.0. The number of pyridine rings is 2. The van der Waals surface area contributed by atoms with Crippen molar-refractivity contribution in [3.8, 4) is 17.2 Å². The molecule has 10 nitrogen and oxygen atoms in total. The number of carbonyl (C=O) groups is 1. The first-order valence-corrected chi connectivity index (χ1v) is 22.7. The Morgan fingerprint density at radius 2 is 1.25 bits per heavy atom. The van der Waals surface area contributed by atoms with Gasteiger partial charge in [0.1, 0.15) is 42.4 Å². The van der Waals surface area contributed by atoms with E-state index in [-0.39, 0.29) is 18.0 Å². The molecule has 1 N–H and O–H groups in total. The van der Waals surface area contributed by atoms with E-state index in [9.17, 15) is 4.79 Å². The molecule has 6 aromatic rings. The van der Waals surface area contributed by atoms with Gasteiger partial charge in [0.05, 0.1) is 39.1 Å². The highest BCUT2D eigenvalue weighted by atomic mass is 79.9. The highest BCUT2D eigenvalue weighted by Crippen LogP contribution is 2.39. The van der Waals surface area contributed by atoms with Gasteiger partial charge in [0, 0.05) is 29.7 Å². The molecular formula is C47H49Br3N6O4. The Balaban J connectivity index is 0.000000139. The number of aryl methyl sites for hydroxylation is 1. The molecule has 0 bridgehead atoms. The zero-order valence-electron chi connectivity index (χ0n) is 34.0. The molecule has 2 fully saturated rings. The van der Waals surface area contributed by atoms with E-state index in [1.54, 1.807) is 21.3 Å². The Morgan fingerprint density at radius 3 is 1.95 bits per heavy atom. The number of amides is 1. The number of rotatable bonds is 7. The molecule has 1 saturated carbocycles. The van der Waals surface area contributed by atoms with Gasteiger partial charge in [0.25, 0.3) is 0 Å². The van der Waals surface area contributed by atoms with Gasteiger partial charge in [-0.2, -0.15) is 0 Å². The van der Waals surface area contributed by atoms with Crippen LogP contribution in [-0.2, 0) is 11.2 Å². The van der Waals surface area contributed by atoms with Crippen molar-refractivity contribution in [2.45, 2.75) is 82.2 Å². The molecule has 3 aliphatic rings. The van der Waals surface area contributed by atoms with Crippen LogP contribution in [0.2, 0.25) is 0 Å². The number of methoxy groups -OCH3 is 3. The SMILES string of the molecule is COc1ccccc1C1CCCC(=Nc2ccc(Br)nc2Br)C1.COc1ccccc1C1CCCC(=O)N1.COc1ccccc1C1CCCc2nc3ccc(Br)nc3n21. The Labute approximate surface area is 377 Å². The standard InChI is InChI=1S/C18H18Br2N2O.C17H16BrN3O.C12H15NO2/c1-23-16-8-3-2-7-14(16)12-5-4-6-13(11-12)21-15-9-10-17(19)22-18(15)20;1-22-14-7-3-2-5-11(14)13-6-4-8-16-19-12-9-10-15(18)20-17(12)21(13)16;1-15-11-7-3-2-5-9(11)10-6-4-8-12(14)13-10/h2-3,7-10,12H,4-6,11H2,1H3;2-3,5,7,9-10,13H,4,6,8H2,1H3;2-3,5,7,10H,4,6,8H2,1H3,(H,13,14). The summed E-state index contributed by atoms with van der Waals surface area (Å²) in [5.74, 6) is 4.48. The molecule has 3 unspecified atom stereocenters. The average molecular weight is 1000 g/mol. The second kappa shape index (κ2) is 20.8. The lowest BCUT2D eigenvalue weighted by atomic mass is 9.82. The number of halogens is 3. The molecule has 1 aliphatic carbocycles. The Kier molecular flexibility index (Phi) is 15.1. The first-order valence-electron chi connectivity index (χ1n) is 20.4. The topological polar surface area (TPSA) is 113 Å². The summed E-state index contributed by atoms with van der Waals surface area (Å²) in [5.41, 5.74) is 7.59. The number of benzene rings is 3. The summed E-state index contributed by atoms with van der Waals surface area (Å²) in [6.45, 7) is 0. The van der Waals surface area contributed by atoms with Crippen molar-refractivity contribution in [1.82, 2.24) is 24.8 Å². The fraction of sp³-hybridized carbons (Fsp3) is 0.340. The molecular weight excluding hydrogens is 952 g/mol.